The topological polar surface area (TPSA) is 66.0 Å². The van der Waals surface area contributed by atoms with E-state index in [9.17, 15) is 4.79 Å². The maximum atomic E-state index is 12.0. The van der Waals surface area contributed by atoms with Gasteiger partial charge in [-0.25, -0.2) is 4.98 Å². The molecule has 0 radical (unpaired) electrons. The van der Waals surface area contributed by atoms with Crippen LogP contribution in [0.25, 0.3) is 10.9 Å². The first-order chi connectivity index (χ1) is 9.11. The summed E-state index contributed by atoms with van der Waals surface area (Å²) < 4.78 is 0. The van der Waals surface area contributed by atoms with E-state index in [1.165, 1.54) is 0 Å². The second kappa shape index (κ2) is 6.21. The number of benzene rings is 1. The summed E-state index contributed by atoms with van der Waals surface area (Å²) in [7, 11) is 0. The van der Waals surface area contributed by atoms with Gasteiger partial charge in [0.15, 0.2) is 0 Å². The fourth-order valence-electron chi connectivity index (χ4n) is 1.74. The van der Waals surface area contributed by atoms with Gasteiger partial charge in [-0.2, -0.15) is 11.8 Å². The third-order valence-electron chi connectivity index (χ3n) is 2.96. The van der Waals surface area contributed by atoms with Crippen molar-refractivity contribution in [2.24, 2.45) is 5.92 Å². The average Bonchev–Trinajstić information content (AvgIpc) is 2.44. The standard InChI is InChI=1S/C14H18N2O2S/c1-9(7-17)8-19-10(2)13-15-12-6-4-3-5-11(12)14(18)16-13/h3-6,9-10,17H,7-8H2,1-2H3,(H,15,16,18). The summed E-state index contributed by atoms with van der Waals surface area (Å²) in [5, 5.41) is 9.74. The summed E-state index contributed by atoms with van der Waals surface area (Å²) in [6, 6.07) is 7.34. The zero-order chi connectivity index (χ0) is 13.8. The van der Waals surface area contributed by atoms with E-state index in [4.69, 9.17) is 5.11 Å². The quantitative estimate of drug-likeness (QED) is 0.881. The van der Waals surface area contributed by atoms with Gasteiger partial charge in [0.05, 0.1) is 16.2 Å². The van der Waals surface area contributed by atoms with Crippen LogP contribution in [-0.4, -0.2) is 27.4 Å². The minimum atomic E-state index is -0.0942. The zero-order valence-corrected chi connectivity index (χ0v) is 11.9. The highest BCUT2D eigenvalue weighted by atomic mass is 32.2. The van der Waals surface area contributed by atoms with Crippen molar-refractivity contribution in [3.05, 3.63) is 40.4 Å². The van der Waals surface area contributed by atoms with E-state index >= 15 is 0 Å². The third-order valence-corrected chi connectivity index (χ3v) is 4.44. The second-order valence-corrected chi connectivity index (χ2v) is 6.11. The molecule has 2 atom stereocenters. The molecule has 0 saturated carbocycles. The average molecular weight is 278 g/mol. The number of hydrogen-bond donors (Lipinski definition) is 2. The third kappa shape index (κ3) is 3.36. The van der Waals surface area contributed by atoms with Gasteiger partial charge in [-0.05, 0) is 30.7 Å². The molecule has 0 fully saturated rings. The van der Waals surface area contributed by atoms with Gasteiger partial charge in [-0.15, -0.1) is 0 Å². The van der Waals surface area contributed by atoms with Gasteiger partial charge in [-0.1, -0.05) is 19.1 Å². The first kappa shape index (κ1) is 14.1. The molecule has 0 spiro atoms. The first-order valence-corrected chi connectivity index (χ1v) is 7.38. The zero-order valence-electron chi connectivity index (χ0n) is 11.1. The van der Waals surface area contributed by atoms with Crippen LogP contribution in [0.5, 0.6) is 0 Å². The van der Waals surface area contributed by atoms with Crippen LogP contribution in [0.2, 0.25) is 0 Å². The maximum Gasteiger partial charge on any atom is 0.258 e. The van der Waals surface area contributed by atoms with Gasteiger partial charge in [0.25, 0.3) is 5.56 Å². The number of fused-ring (bicyclic) bond motifs is 1. The predicted octanol–water partition coefficient (Wildman–Crippen LogP) is 2.35. The number of rotatable bonds is 5. The Morgan fingerprint density at radius 1 is 1.37 bits per heavy atom. The Morgan fingerprint density at radius 3 is 2.84 bits per heavy atom. The highest BCUT2D eigenvalue weighted by Crippen LogP contribution is 2.27. The molecular formula is C14H18N2O2S. The van der Waals surface area contributed by atoms with Crippen LogP contribution in [0.1, 0.15) is 24.9 Å². The van der Waals surface area contributed by atoms with Crippen molar-refractivity contribution in [3.8, 4) is 0 Å². The van der Waals surface area contributed by atoms with Crippen LogP contribution >= 0.6 is 11.8 Å². The number of hydrogen-bond acceptors (Lipinski definition) is 4. The van der Waals surface area contributed by atoms with Crippen LogP contribution in [0, 0.1) is 5.92 Å². The lowest BCUT2D eigenvalue weighted by Gasteiger charge is -2.13. The molecule has 0 aliphatic carbocycles. The van der Waals surface area contributed by atoms with E-state index in [1.54, 1.807) is 17.8 Å². The Hall–Kier alpha value is -1.33. The summed E-state index contributed by atoms with van der Waals surface area (Å²) in [5.41, 5.74) is 0.632. The number of para-hydroxylation sites is 1. The minimum Gasteiger partial charge on any atom is -0.396 e. The Labute approximate surface area is 116 Å². The molecule has 2 N–H and O–H groups in total. The van der Waals surface area contributed by atoms with Crippen molar-refractivity contribution < 1.29 is 5.11 Å². The molecule has 19 heavy (non-hydrogen) atoms. The number of nitrogens with one attached hydrogen (secondary N) is 1. The largest absolute Gasteiger partial charge is 0.396 e. The van der Waals surface area contributed by atoms with E-state index < -0.39 is 0 Å². The van der Waals surface area contributed by atoms with Crippen molar-refractivity contribution in [1.82, 2.24) is 9.97 Å². The summed E-state index contributed by atoms with van der Waals surface area (Å²) in [6.45, 7) is 4.19. The number of aromatic nitrogens is 2. The van der Waals surface area contributed by atoms with Gasteiger partial charge in [0, 0.05) is 6.61 Å². The molecule has 0 aliphatic rings. The Balaban J connectivity index is 2.23. The smallest absolute Gasteiger partial charge is 0.258 e. The number of aliphatic hydroxyl groups is 1. The van der Waals surface area contributed by atoms with Crippen LogP contribution < -0.4 is 5.56 Å². The fourth-order valence-corrected chi connectivity index (χ4v) is 2.73. The van der Waals surface area contributed by atoms with Gasteiger partial charge < -0.3 is 10.1 Å². The lowest BCUT2D eigenvalue weighted by molar-refractivity contribution is 0.250. The fraction of sp³-hybridized carbons (Fsp3) is 0.429. The molecule has 0 saturated heterocycles. The molecule has 1 aromatic heterocycles. The normalized spacial score (nSPS) is 14.5. The molecule has 2 unspecified atom stereocenters. The van der Waals surface area contributed by atoms with E-state index in [0.717, 1.165) is 11.3 Å². The van der Waals surface area contributed by atoms with E-state index in [2.05, 4.69) is 9.97 Å². The molecule has 4 nitrogen and oxygen atoms in total. The molecule has 0 amide bonds. The number of H-pyrrole nitrogens is 1. The Kier molecular flexibility index (Phi) is 4.61. The van der Waals surface area contributed by atoms with Crippen LogP contribution in [-0.2, 0) is 0 Å². The predicted molar refractivity (Wildman–Crippen MR) is 79.5 cm³/mol. The minimum absolute atomic E-state index is 0.0942. The van der Waals surface area contributed by atoms with Crippen LogP contribution in [0.15, 0.2) is 29.1 Å². The van der Waals surface area contributed by atoms with Gasteiger partial charge in [-0.3, -0.25) is 4.79 Å². The highest BCUT2D eigenvalue weighted by molar-refractivity contribution is 7.99. The van der Waals surface area contributed by atoms with Crippen LogP contribution in [0.4, 0.5) is 0 Å². The molecule has 1 aromatic carbocycles. The summed E-state index contributed by atoms with van der Waals surface area (Å²) >= 11 is 1.69. The summed E-state index contributed by atoms with van der Waals surface area (Å²) in [5.74, 6) is 1.78. The monoisotopic (exact) mass is 278 g/mol. The number of nitrogens with zero attached hydrogens (tertiary/aromatic N) is 1. The summed E-state index contributed by atoms with van der Waals surface area (Å²) in [4.78, 5) is 19.3. The van der Waals surface area contributed by atoms with Crippen molar-refractivity contribution >= 4 is 22.7 Å². The molecule has 102 valence electrons. The SMILES string of the molecule is CC(CO)CSC(C)c1nc2ccccc2c(=O)[nH]1. The molecule has 0 bridgehead atoms. The lowest BCUT2D eigenvalue weighted by Crippen LogP contribution is -2.13. The number of thioether (sulfide) groups is 1. The molecule has 0 aliphatic heterocycles. The highest BCUT2D eigenvalue weighted by Gasteiger charge is 2.12. The van der Waals surface area contributed by atoms with E-state index in [0.29, 0.717) is 11.2 Å². The first-order valence-electron chi connectivity index (χ1n) is 6.33. The van der Waals surface area contributed by atoms with Crippen molar-refractivity contribution in [2.75, 3.05) is 12.4 Å². The van der Waals surface area contributed by atoms with Gasteiger partial charge in [0.1, 0.15) is 5.82 Å². The molecule has 1 heterocycles. The Morgan fingerprint density at radius 2 is 2.11 bits per heavy atom. The van der Waals surface area contributed by atoms with Crippen molar-refractivity contribution in [3.63, 3.8) is 0 Å². The Bertz CT molecular complexity index is 612. The van der Waals surface area contributed by atoms with Crippen LogP contribution in [0.3, 0.4) is 0 Å². The number of aromatic amines is 1. The number of aliphatic hydroxyl groups excluding tert-OH is 1. The van der Waals surface area contributed by atoms with E-state index in [1.807, 2.05) is 32.0 Å². The summed E-state index contributed by atoms with van der Waals surface area (Å²) in [6.07, 6.45) is 0. The molecule has 5 heteroatoms. The molecule has 2 rings (SSSR count). The second-order valence-electron chi connectivity index (χ2n) is 4.73. The van der Waals surface area contributed by atoms with Gasteiger partial charge in [0.2, 0.25) is 0 Å². The maximum absolute atomic E-state index is 12.0. The van der Waals surface area contributed by atoms with Crippen molar-refractivity contribution in [1.29, 1.82) is 0 Å². The van der Waals surface area contributed by atoms with E-state index in [-0.39, 0.29) is 23.3 Å². The molecular weight excluding hydrogens is 260 g/mol. The van der Waals surface area contributed by atoms with Gasteiger partial charge >= 0.3 is 0 Å². The lowest BCUT2D eigenvalue weighted by atomic mass is 10.2. The van der Waals surface area contributed by atoms with Crippen molar-refractivity contribution in [2.45, 2.75) is 19.1 Å². The molecule has 2 aromatic rings.